The van der Waals surface area contributed by atoms with Crippen LogP contribution in [0.15, 0.2) is 5.38 Å². The Bertz CT molecular complexity index is 296. The van der Waals surface area contributed by atoms with Crippen LogP contribution in [0.1, 0.15) is 39.3 Å². The molecule has 0 saturated heterocycles. The van der Waals surface area contributed by atoms with E-state index >= 15 is 0 Å². The van der Waals surface area contributed by atoms with Crippen LogP contribution in [0.4, 0.5) is 5.13 Å². The second-order valence-corrected chi connectivity index (χ2v) is 5.27. The molecule has 0 fully saturated rings. The highest BCUT2D eigenvalue weighted by atomic mass is 32.1. The lowest BCUT2D eigenvalue weighted by Gasteiger charge is -2.14. The summed E-state index contributed by atoms with van der Waals surface area (Å²) >= 11 is 1.73. The summed E-state index contributed by atoms with van der Waals surface area (Å²) in [5.41, 5.74) is 1.15. The Labute approximate surface area is 103 Å². The Morgan fingerprint density at radius 2 is 2.25 bits per heavy atom. The molecule has 0 aliphatic heterocycles. The maximum Gasteiger partial charge on any atom is 0.185 e. The maximum absolute atomic E-state index is 4.62. The monoisotopic (exact) mass is 241 g/mol. The van der Waals surface area contributed by atoms with E-state index in [4.69, 9.17) is 0 Å². The molecule has 0 amide bonds. The molecule has 0 saturated carbocycles. The van der Waals surface area contributed by atoms with Gasteiger partial charge in [-0.15, -0.1) is 11.3 Å². The van der Waals surface area contributed by atoms with Gasteiger partial charge in [0.25, 0.3) is 0 Å². The number of unbranched alkanes of at least 4 members (excludes halogenated alkanes) is 1. The molecule has 4 heteroatoms. The van der Waals surface area contributed by atoms with E-state index in [9.17, 15) is 0 Å². The van der Waals surface area contributed by atoms with Crippen molar-refractivity contribution in [3.63, 3.8) is 0 Å². The first-order chi connectivity index (χ1) is 7.63. The Kier molecular flexibility index (Phi) is 5.77. The molecule has 1 heterocycles. The predicted octanol–water partition coefficient (Wildman–Crippen LogP) is 2.88. The van der Waals surface area contributed by atoms with Crippen LogP contribution in [0.2, 0.25) is 0 Å². The molecule has 1 aromatic rings. The van der Waals surface area contributed by atoms with Gasteiger partial charge in [0.05, 0.1) is 5.69 Å². The Morgan fingerprint density at radius 3 is 2.88 bits per heavy atom. The van der Waals surface area contributed by atoms with Gasteiger partial charge in [0, 0.05) is 31.6 Å². The average Bonchev–Trinajstić information content (AvgIpc) is 2.71. The Hall–Kier alpha value is -0.610. The molecule has 0 aliphatic rings. The van der Waals surface area contributed by atoms with Crippen molar-refractivity contribution in [1.29, 1.82) is 0 Å². The Balaban J connectivity index is 2.43. The molecule has 0 radical (unpaired) electrons. The van der Waals surface area contributed by atoms with E-state index in [1.54, 1.807) is 11.3 Å². The number of anilines is 1. The summed E-state index contributed by atoms with van der Waals surface area (Å²) in [7, 11) is 2.12. The fraction of sp³-hybridized carbons (Fsp3) is 0.750. The van der Waals surface area contributed by atoms with E-state index < -0.39 is 0 Å². The number of aromatic nitrogens is 1. The van der Waals surface area contributed by atoms with Gasteiger partial charge < -0.3 is 10.2 Å². The normalized spacial score (nSPS) is 11.1. The zero-order chi connectivity index (χ0) is 12.0. The summed E-state index contributed by atoms with van der Waals surface area (Å²) in [6.07, 6.45) is 2.47. The number of nitrogens with zero attached hydrogens (tertiary/aromatic N) is 2. The highest BCUT2D eigenvalue weighted by Crippen LogP contribution is 2.19. The lowest BCUT2D eigenvalue weighted by atomic mass is 10.3. The highest BCUT2D eigenvalue weighted by molar-refractivity contribution is 7.13. The summed E-state index contributed by atoms with van der Waals surface area (Å²) in [6, 6.07) is 0.517. The molecule has 0 aromatic carbocycles. The van der Waals surface area contributed by atoms with Crippen LogP contribution in [0.5, 0.6) is 0 Å². The largest absolute Gasteiger partial charge is 0.351 e. The van der Waals surface area contributed by atoms with Crippen molar-refractivity contribution in [2.24, 2.45) is 0 Å². The predicted molar refractivity (Wildman–Crippen MR) is 72.3 cm³/mol. The molecular weight excluding hydrogens is 218 g/mol. The third-order valence-corrected chi connectivity index (χ3v) is 3.41. The van der Waals surface area contributed by atoms with Crippen LogP contribution in [-0.4, -0.2) is 24.6 Å². The minimum absolute atomic E-state index is 0.517. The minimum Gasteiger partial charge on any atom is -0.351 e. The molecule has 92 valence electrons. The summed E-state index contributed by atoms with van der Waals surface area (Å²) in [6.45, 7) is 8.49. The van der Waals surface area contributed by atoms with Crippen LogP contribution in [0.3, 0.4) is 0 Å². The van der Waals surface area contributed by atoms with E-state index in [2.05, 4.69) is 48.4 Å². The molecule has 0 unspecified atom stereocenters. The Morgan fingerprint density at radius 1 is 1.50 bits per heavy atom. The van der Waals surface area contributed by atoms with Crippen LogP contribution in [0, 0.1) is 0 Å². The van der Waals surface area contributed by atoms with Crippen molar-refractivity contribution < 1.29 is 0 Å². The number of hydrogen-bond donors (Lipinski definition) is 1. The topological polar surface area (TPSA) is 28.2 Å². The van der Waals surface area contributed by atoms with E-state index in [-0.39, 0.29) is 0 Å². The van der Waals surface area contributed by atoms with Crippen molar-refractivity contribution >= 4 is 16.5 Å². The second-order valence-electron chi connectivity index (χ2n) is 4.43. The van der Waals surface area contributed by atoms with Crippen molar-refractivity contribution in [2.45, 2.75) is 46.2 Å². The summed E-state index contributed by atoms with van der Waals surface area (Å²) < 4.78 is 0. The molecule has 0 bridgehead atoms. The van der Waals surface area contributed by atoms with Crippen molar-refractivity contribution in [3.05, 3.63) is 11.1 Å². The van der Waals surface area contributed by atoms with Gasteiger partial charge in [-0.05, 0) is 6.42 Å². The summed E-state index contributed by atoms with van der Waals surface area (Å²) in [5, 5.41) is 6.66. The van der Waals surface area contributed by atoms with Gasteiger partial charge in [0.15, 0.2) is 5.13 Å². The smallest absolute Gasteiger partial charge is 0.185 e. The molecule has 3 nitrogen and oxygen atoms in total. The molecule has 0 spiro atoms. The quantitative estimate of drug-likeness (QED) is 0.795. The first kappa shape index (κ1) is 13.5. The van der Waals surface area contributed by atoms with Crippen molar-refractivity contribution in [1.82, 2.24) is 10.3 Å². The van der Waals surface area contributed by atoms with Crippen LogP contribution >= 0.6 is 11.3 Å². The fourth-order valence-corrected chi connectivity index (χ4v) is 2.17. The number of hydrogen-bond acceptors (Lipinski definition) is 4. The van der Waals surface area contributed by atoms with Crippen molar-refractivity contribution in [2.75, 3.05) is 18.5 Å². The number of rotatable bonds is 7. The molecule has 0 aliphatic carbocycles. The molecular formula is C12H23N3S. The summed E-state index contributed by atoms with van der Waals surface area (Å²) in [5.74, 6) is 0. The SMILES string of the molecule is CCCCN(C)c1nc(CNC(C)C)cs1. The molecule has 0 atom stereocenters. The third-order valence-electron chi connectivity index (χ3n) is 2.40. The molecule has 16 heavy (non-hydrogen) atoms. The fourth-order valence-electron chi connectivity index (χ4n) is 1.35. The van der Waals surface area contributed by atoms with E-state index in [1.165, 1.54) is 12.8 Å². The van der Waals surface area contributed by atoms with Gasteiger partial charge in [-0.1, -0.05) is 27.2 Å². The van der Waals surface area contributed by atoms with Gasteiger partial charge in [-0.3, -0.25) is 0 Å². The molecule has 1 rings (SSSR count). The standard InChI is InChI=1S/C12H23N3S/c1-5-6-7-15(4)12-14-11(9-16-12)8-13-10(2)3/h9-10,13H,5-8H2,1-4H3. The third kappa shape index (κ3) is 4.49. The highest BCUT2D eigenvalue weighted by Gasteiger charge is 2.06. The zero-order valence-electron chi connectivity index (χ0n) is 10.8. The van der Waals surface area contributed by atoms with Crippen LogP contribution in [-0.2, 0) is 6.54 Å². The lowest BCUT2D eigenvalue weighted by Crippen LogP contribution is -2.22. The minimum atomic E-state index is 0.517. The number of nitrogens with one attached hydrogen (secondary N) is 1. The van der Waals surface area contributed by atoms with E-state index in [0.717, 1.165) is 23.9 Å². The van der Waals surface area contributed by atoms with Gasteiger partial charge in [0.1, 0.15) is 0 Å². The van der Waals surface area contributed by atoms with Crippen LogP contribution < -0.4 is 10.2 Å². The first-order valence-corrected chi connectivity index (χ1v) is 6.90. The lowest BCUT2D eigenvalue weighted by molar-refractivity contribution is 0.583. The van der Waals surface area contributed by atoms with Crippen molar-refractivity contribution in [3.8, 4) is 0 Å². The number of thiazole rings is 1. The van der Waals surface area contributed by atoms with Gasteiger partial charge in [-0.25, -0.2) is 4.98 Å². The van der Waals surface area contributed by atoms with E-state index in [1.807, 2.05) is 0 Å². The van der Waals surface area contributed by atoms with Gasteiger partial charge in [0.2, 0.25) is 0 Å². The summed E-state index contributed by atoms with van der Waals surface area (Å²) in [4.78, 5) is 6.86. The first-order valence-electron chi connectivity index (χ1n) is 6.02. The van der Waals surface area contributed by atoms with Gasteiger partial charge >= 0.3 is 0 Å². The zero-order valence-corrected chi connectivity index (χ0v) is 11.6. The second kappa shape index (κ2) is 6.86. The maximum atomic E-state index is 4.62. The van der Waals surface area contributed by atoms with Crippen LogP contribution in [0.25, 0.3) is 0 Å². The average molecular weight is 241 g/mol. The molecule has 1 aromatic heterocycles. The van der Waals surface area contributed by atoms with E-state index in [0.29, 0.717) is 6.04 Å². The molecule has 1 N–H and O–H groups in total. The van der Waals surface area contributed by atoms with Gasteiger partial charge in [-0.2, -0.15) is 0 Å².